The number of aromatic nitrogens is 1. The molecule has 1 aliphatic rings. The zero-order valence-corrected chi connectivity index (χ0v) is 15.2. The van der Waals surface area contributed by atoms with Crippen LogP contribution in [0.15, 0.2) is 47.5 Å². The molecule has 3 rings (SSSR count). The molecular formula is C18H22N2O3S. The lowest BCUT2D eigenvalue weighted by molar-refractivity contribution is 0.134. The molecule has 0 spiro atoms. The van der Waals surface area contributed by atoms with E-state index >= 15 is 0 Å². The molecular weight excluding hydrogens is 324 g/mol. The van der Waals surface area contributed by atoms with E-state index in [1.165, 1.54) is 4.31 Å². The van der Waals surface area contributed by atoms with Gasteiger partial charge in [0.25, 0.3) is 0 Å². The smallest absolute Gasteiger partial charge is 0.247 e. The molecule has 24 heavy (non-hydrogen) atoms. The van der Waals surface area contributed by atoms with Crippen LogP contribution in [0.25, 0.3) is 0 Å². The molecule has 0 N–H and O–H groups in total. The fourth-order valence-corrected chi connectivity index (χ4v) is 4.46. The Kier molecular flexibility index (Phi) is 4.13. The van der Waals surface area contributed by atoms with Gasteiger partial charge in [-0.05, 0) is 44.5 Å². The summed E-state index contributed by atoms with van der Waals surface area (Å²) in [5.74, 6) is 0.475. The van der Waals surface area contributed by atoms with Gasteiger partial charge >= 0.3 is 0 Å². The van der Waals surface area contributed by atoms with Gasteiger partial charge in [-0.2, -0.15) is 4.31 Å². The van der Waals surface area contributed by atoms with E-state index in [0.29, 0.717) is 17.9 Å². The Morgan fingerprint density at radius 3 is 2.62 bits per heavy atom. The third kappa shape index (κ3) is 2.91. The van der Waals surface area contributed by atoms with E-state index < -0.39 is 10.0 Å². The first-order chi connectivity index (χ1) is 11.2. The first-order valence-corrected chi connectivity index (χ1v) is 9.36. The van der Waals surface area contributed by atoms with Crippen molar-refractivity contribution in [2.24, 2.45) is 0 Å². The van der Waals surface area contributed by atoms with Gasteiger partial charge in [0.1, 0.15) is 16.2 Å². The van der Waals surface area contributed by atoms with Crippen LogP contribution in [-0.2, 0) is 16.4 Å². The van der Waals surface area contributed by atoms with Crippen molar-refractivity contribution in [3.63, 3.8) is 0 Å². The molecule has 1 aliphatic heterocycles. The lowest BCUT2D eigenvalue weighted by Gasteiger charge is -2.25. The SMILES string of the molecule is CC(c1ccccn1)N(C)S(=O)(=O)c1cccc2c1OC(C)(C)C2. The van der Waals surface area contributed by atoms with Crippen molar-refractivity contribution in [3.8, 4) is 5.75 Å². The summed E-state index contributed by atoms with van der Waals surface area (Å²) in [4.78, 5) is 4.48. The fraction of sp³-hybridized carbons (Fsp3) is 0.389. The van der Waals surface area contributed by atoms with Crippen LogP contribution in [-0.4, -0.2) is 30.4 Å². The molecule has 0 saturated heterocycles. The van der Waals surface area contributed by atoms with Crippen LogP contribution in [0.1, 0.15) is 38.1 Å². The van der Waals surface area contributed by atoms with E-state index in [9.17, 15) is 8.42 Å². The zero-order chi connectivity index (χ0) is 17.5. The molecule has 0 bridgehead atoms. The predicted molar refractivity (Wildman–Crippen MR) is 92.5 cm³/mol. The molecule has 5 nitrogen and oxygen atoms in total. The number of ether oxygens (including phenoxy) is 1. The van der Waals surface area contributed by atoms with E-state index in [4.69, 9.17) is 4.74 Å². The first kappa shape index (κ1) is 16.9. The minimum Gasteiger partial charge on any atom is -0.486 e. The average Bonchev–Trinajstić information content (AvgIpc) is 2.87. The quantitative estimate of drug-likeness (QED) is 0.853. The minimum absolute atomic E-state index is 0.218. The van der Waals surface area contributed by atoms with E-state index in [1.807, 2.05) is 45.0 Å². The summed E-state index contributed by atoms with van der Waals surface area (Å²) < 4.78 is 33.5. The molecule has 1 aromatic carbocycles. The molecule has 1 atom stereocenters. The summed E-state index contributed by atoms with van der Waals surface area (Å²) in [5, 5.41) is 0. The molecule has 0 amide bonds. The number of hydrogen-bond acceptors (Lipinski definition) is 4. The predicted octanol–water partition coefficient (Wildman–Crippen LogP) is 3.18. The van der Waals surface area contributed by atoms with E-state index in [0.717, 1.165) is 5.56 Å². The van der Waals surface area contributed by atoms with Crippen molar-refractivity contribution in [2.75, 3.05) is 7.05 Å². The Bertz CT molecular complexity index is 848. The first-order valence-electron chi connectivity index (χ1n) is 7.92. The summed E-state index contributed by atoms with van der Waals surface area (Å²) in [6, 6.07) is 10.4. The largest absolute Gasteiger partial charge is 0.486 e. The monoisotopic (exact) mass is 346 g/mol. The second-order valence-corrected chi connectivity index (χ2v) is 8.70. The van der Waals surface area contributed by atoms with E-state index in [2.05, 4.69) is 4.98 Å². The average molecular weight is 346 g/mol. The number of rotatable bonds is 4. The van der Waals surface area contributed by atoms with Crippen molar-refractivity contribution in [1.29, 1.82) is 0 Å². The molecule has 2 aromatic rings. The fourth-order valence-electron chi connectivity index (χ4n) is 2.96. The minimum atomic E-state index is -3.69. The van der Waals surface area contributed by atoms with Crippen LogP contribution in [0.4, 0.5) is 0 Å². The van der Waals surface area contributed by atoms with Crippen LogP contribution in [0, 0.1) is 0 Å². The summed E-state index contributed by atoms with van der Waals surface area (Å²) in [6.07, 6.45) is 2.36. The Hall–Kier alpha value is -1.92. The second-order valence-electron chi connectivity index (χ2n) is 6.73. The number of nitrogens with zero attached hydrogens (tertiary/aromatic N) is 2. The van der Waals surface area contributed by atoms with Crippen LogP contribution in [0.5, 0.6) is 5.75 Å². The maximum atomic E-state index is 13.1. The van der Waals surface area contributed by atoms with Gasteiger partial charge in [-0.3, -0.25) is 4.98 Å². The lowest BCUT2D eigenvalue weighted by Crippen LogP contribution is -2.31. The third-order valence-corrected chi connectivity index (χ3v) is 6.33. The maximum Gasteiger partial charge on any atom is 0.247 e. The molecule has 6 heteroatoms. The van der Waals surface area contributed by atoms with Crippen LogP contribution < -0.4 is 4.74 Å². The number of benzene rings is 1. The van der Waals surface area contributed by atoms with Gasteiger partial charge in [-0.25, -0.2) is 8.42 Å². The van der Waals surface area contributed by atoms with Crippen molar-refractivity contribution >= 4 is 10.0 Å². The summed E-state index contributed by atoms with van der Waals surface area (Å²) >= 11 is 0. The standard InChI is InChI=1S/C18H22N2O3S/c1-13(15-9-5-6-11-19-15)20(4)24(21,22)16-10-7-8-14-12-18(2,3)23-17(14)16/h5-11,13H,12H2,1-4H3. The van der Waals surface area contributed by atoms with E-state index in [1.54, 1.807) is 25.4 Å². The number of para-hydroxylation sites is 1. The van der Waals surface area contributed by atoms with Crippen molar-refractivity contribution in [1.82, 2.24) is 9.29 Å². The maximum absolute atomic E-state index is 13.1. The Labute approximate surface area is 143 Å². The summed E-state index contributed by atoms with van der Waals surface area (Å²) in [5.41, 5.74) is 1.25. The Balaban J connectivity index is 2.00. The highest BCUT2D eigenvalue weighted by Crippen LogP contribution is 2.41. The van der Waals surface area contributed by atoms with Crippen LogP contribution in [0.2, 0.25) is 0 Å². The number of pyridine rings is 1. The van der Waals surface area contributed by atoms with Gasteiger partial charge < -0.3 is 4.74 Å². The molecule has 0 fully saturated rings. The molecule has 1 unspecified atom stereocenters. The lowest BCUT2D eigenvalue weighted by atomic mass is 10.0. The summed E-state index contributed by atoms with van der Waals surface area (Å²) in [7, 11) is -2.12. The van der Waals surface area contributed by atoms with Crippen LogP contribution >= 0.6 is 0 Å². The van der Waals surface area contributed by atoms with Gasteiger partial charge in [0.05, 0.1) is 11.7 Å². The van der Waals surface area contributed by atoms with Gasteiger partial charge in [-0.1, -0.05) is 18.2 Å². The summed E-state index contributed by atoms with van der Waals surface area (Å²) in [6.45, 7) is 5.75. The van der Waals surface area contributed by atoms with Crippen molar-refractivity contribution in [3.05, 3.63) is 53.9 Å². The molecule has 0 radical (unpaired) electrons. The van der Waals surface area contributed by atoms with E-state index in [-0.39, 0.29) is 16.5 Å². The number of sulfonamides is 1. The second kappa shape index (κ2) is 5.86. The highest BCUT2D eigenvalue weighted by molar-refractivity contribution is 7.89. The van der Waals surface area contributed by atoms with Gasteiger partial charge in [0.2, 0.25) is 10.0 Å². The highest BCUT2D eigenvalue weighted by atomic mass is 32.2. The van der Waals surface area contributed by atoms with Crippen molar-refractivity contribution < 1.29 is 13.2 Å². The highest BCUT2D eigenvalue weighted by Gasteiger charge is 2.37. The van der Waals surface area contributed by atoms with Gasteiger partial charge in [0.15, 0.2) is 0 Å². The normalized spacial score (nSPS) is 17.4. The topological polar surface area (TPSA) is 59.5 Å². The molecule has 1 aromatic heterocycles. The van der Waals surface area contributed by atoms with Crippen molar-refractivity contribution in [2.45, 2.75) is 43.7 Å². The molecule has 128 valence electrons. The molecule has 2 heterocycles. The Morgan fingerprint density at radius 1 is 1.21 bits per heavy atom. The Morgan fingerprint density at radius 2 is 1.96 bits per heavy atom. The van der Waals surface area contributed by atoms with Crippen LogP contribution in [0.3, 0.4) is 0 Å². The zero-order valence-electron chi connectivity index (χ0n) is 14.4. The number of fused-ring (bicyclic) bond motifs is 1. The molecule has 0 saturated carbocycles. The molecule has 0 aliphatic carbocycles. The van der Waals surface area contributed by atoms with Gasteiger partial charge in [-0.15, -0.1) is 0 Å². The number of hydrogen-bond donors (Lipinski definition) is 0. The van der Waals surface area contributed by atoms with Gasteiger partial charge in [0, 0.05) is 19.7 Å². The third-order valence-electron chi connectivity index (χ3n) is 4.37.